The zero-order valence-corrected chi connectivity index (χ0v) is 10.2. The second-order valence-electron chi connectivity index (χ2n) is 1.29. The molecule has 0 heterocycles. The molecule has 0 unspecified atom stereocenters. The average Bonchev–Trinajstić information content (AvgIpc) is 2.80. The Morgan fingerprint density at radius 2 is 1.29 bits per heavy atom. The second-order valence-corrected chi connectivity index (χ2v) is 3.35. The van der Waals surface area contributed by atoms with Crippen molar-refractivity contribution < 1.29 is 40.2 Å². The van der Waals surface area contributed by atoms with Crippen molar-refractivity contribution in [3.8, 4) is 0 Å². The Kier molecular flexibility index (Phi) is 66.9. The fourth-order valence-electron chi connectivity index (χ4n) is 0.436. The molecule has 70 valence electrons. The minimum atomic E-state index is 1.22. The van der Waals surface area contributed by atoms with Crippen molar-refractivity contribution in [1.82, 2.24) is 0 Å². The molecule has 1 aliphatic carbocycles. The molecule has 1 aliphatic rings. The van der Waals surface area contributed by atoms with E-state index in [-0.39, 0.29) is 0 Å². The van der Waals surface area contributed by atoms with E-state index < -0.39 is 0 Å². The molecule has 14 heavy (non-hydrogen) atoms. The molecule has 0 amide bonds. The minimum absolute atomic E-state index is 1.22. The van der Waals surface area contributed by atoms with Crippen LogP contribution in [-0.4, -0.2) is 27.2 Å². The van der Waals surface area contributed by atoms with Crippen LogP contribution in [0.5, 0.6) is 0 Å². The monoisotopic (exact) mass is 358 g/mol. The van der Waals surface area contributed by atoms with Gasteiger partial charge in [-0.05, 0) is 0 Å². The fourth-order valence-corrected chi connectivity index (χ4v) is 1.12. The first-order chi connectivity index (χ1) is 6.89. The van der Waals surface area contributed by atoms with Crippen LogP contribution in [0.25, 0.3) is 0 Å². The van der Waals surface area contributed by atoms with Gasteiger partial charge in [-0.3, -0.25) is 19.2 Å². The quantitative estimate of drug-likeness (QED) is 0.601. The molecule has 0 aromatic heterocycles. The summed E-state index contributed by atoms with van der Waals surface area (Å²) in [7, 11) is 0. The molecule has 0 bridgehead atoms. The van der Waals surface area contributed by atoms with Crippen LogP contribution in [0.2, 0.25) is 0 Å². The van der Waals surface area contributed by atoms with Crippen LogP contribution in [0.3, 0.4) is 0 Å². The summed E-state index contributed by atoms with van der Waals surface area (Å²) in [5.74, 6) is 0. The maximum absolute atomic E-state index is 7.50. The van der Waals surface area contributed by atoms with Crippen LogP contribution in [-0.2, 0) is 40.2 Å². The Morgan fingerprint density at radius 3 is 1.36 bits per heavy atom. The first kappa shape index (κ1) is 23.1. The zero-order chi connectivity index (χ0) is 12.4. The van der Waals surface area contributed by atoms with Crippen molar-refractivity contribution in [2.45, 2.75) is 6.42 Å². The molecule has 0 saturated heterocycles. The molecule has 5 heteroatoms. The molecule has 1 rings (SSSR count). The molecule has 8 radical (unpaired) electrons. The van der Waals surface area contributed by atoms with Gasteiger partial charge in [0, 0.05) is 0 Å². The van der Waals surface area contributed by atoms with Crippen LogP contribution >= 0.6 is 0 Å². The van der Waals surface area contributed by atoms with Gasteiger partial charge in [-0.25, -0.2) is 0 Å². The standard InChI is InChI=1S/C5H5.4CO.Ta/c1-2-4-5-3-1;4*1-2;/h1-3H,4H2;;;;;. The van der Waals surface area contributed by atoms with Crippen LogP contribution in [0.1, 0.15) is 6.42 Å². The van der Waals surface area contributed by atoms with E-state index in [4.69, 9.17) is 19.2 Å². The summed E-state index contributed by atoms with van der Waals surface area (Å²) in [5, 5.41) is 0. The summed E-state index contributed by atoms with van der Waals surface area (Å²) in [6.45, 7) is 18.0. The molecule has 4 nitrogen and oxygen atoms in total. The van der Waals surface area contributed by atoms with Crippen LogP contribution in [0.15, 0.2) is 22.0 Å². The molecular weight excluding hydrogens is 353 g/mol. The zero-order valence-electron chi connectivity index (χ0n) is 7.02. The molecule has 0 saturated carbocycles. The fraction of sp³-hybridized carbons (Fsp3) is 0.111. The average molecular weight is 358 g/mol. The first-order valence-corrected chi connectivity index (χ1v) is 4.36. The van der Waals surface area contributed by atoms with E-state index in [1.165, 1.54) is 27.5 Å². The van der Waals surface area contributed by atoms with E-state index >= 15 is 0 Å². The Hall–Kier alpha value is -1.10. The Labute approximate surface area is 96.0 Å². The number of allylic oxidation sites excluding steroid dienone is 4. The third-order valence-corrected chi connectivity index (χ3v) is 1.94. The van der Waals surface area contributed by atoms with Gasteiger partial charge in [0.1, 0.15) is 0 Å². The van der Waals surface area contributed by atoms with E-state index in [2.05, 4.69) is 45.4 Å². The maximum atomic E-state index is 7.50. The molecule has 0 aliphatic heterocycles. The van der Waals surface area contributed by atoms with Gasteiger partial charge in [-0.1, -0.05) is 0 Å². The van der Waals surface area contributed by atoms with Crippen molar-refractivity contribution in [2.24, 2.45) is 0 Å². The second kappa shape index (κ2) is 40.6. The summed E-state index contributed by atoms with van der Waals surface area (Å²) in [6, 6.07) is 0. The summed E-state index contributed by atoms with van der Waals surface area (Å²) >= 11 is 1.43. The molecule has 0 N–H and O–H groups in total. The third kappa shape index (κ3) is 30.7. The number of hydrogen-bond acceptors (Lipinski definition) is 4. The van der Waals surface area contributed by atoms with E-state index in [0.29, 0.717) is 0 Å². The van der Waals surface area contributed by atoms with Gasteiger partial charge in [-0.2, -0.15) is 0 Å². The Balaban J connectivity index is -0.0000000542. The SMILES string of the molecule is [C]=O.[C]=O.[C]=O.[C]=O.[Ta][C]1=CC=CC1. The van der Waals surface area contributed by atoms with E-state index in [1.54, 1.807) is 3.79 Å². The normalized spacial score (nSPS) is 9.00. The topological polar surface area (TPSA) is 68.3 Å². The van der Waals surface area contributed by atoms with Crippen LogP contribution in [0.4, 0.5) is 0 Å². The summed E-state index contributed by atoms with van der Waals surface area (Å²) in [5.41, 5.74) is 0. The van der Waals surface area contributed by atoms with Gasteiger partial charge in [-0.15, -0.1) is 0 Å². The summed E-state index contributed by atoms with van der Waals surface area (Å²) < 4.78 is 1.58. The van der Waals surface area contributed by atoms with E-state index in [9.17, 15) is 0 Å². The predicted molar refractivity (Wildman–Crippen MR) is 44.6 cm³/mol. The Bertz CT molecular complexity index is 149. The Morgan fingerprint density at radius 1 is 0.929 bits per heavy atom. The van der Waals surface area contributed by atoms with Crippen molar-refractivity contribution in [3.05, 3.63) is 22.0 Å². The molecular formula is C9H5O4Ta. The summed E-state index contributed by atoms with van der Waals surface area (Å²) in [4.78, 5) is 30.0. The summed E-state index contributed by atoms with van der Waals surface area (Å²) in [6.07, 6.45) is 7.71. The van der Waals surface area contributed by atoms with Crippen molar-refractivity contribution >= 4 is 27.2 Å². The van der Waals surface area contributed by atoms with Crippen molar-refractivity contribution in [2.75, 3.05) is 0 Å². The van der Waals surface area contributed by atoms with Crippen molar-refractivity contribution in [1.29, 1.82) is 0 Å². The number of rotatable bonds is 0. The van der Waals surface area contributed by atoms with Crippen LogP contribution < -0.4 is 0 Å². The van der Waals surface area contributed by atoms with Gasteiger partial charge < -0.3 is 0 Å². The molecule has 0 atom stereocenters. The third-order valence-electron chi connectivity index (χ3n) is 0.752. The number of hydrogen-bond donors (Lipinski definition) is 0. The first-order valence-electron chi connectivity index (χ1n) is 2.76. The molecule has 0 spiro atoms. The molecule has 0 aromatic carbocycles. The van der Waals surface area contributed by atoms with Gasteiger partial charge in [0.2, 0.25) is 0 Å². The van der Waals surface area contributed by atoms with E-state index in [0.717, 1.165) is 0 Å². The van der Waals surface area contributed by atoms with Gasteiger partial charge in [0.15, 0.2) is 0 Å². The molecule has 0 fully saturated rings. The van der Waals surface area contributed by atoms with Gasteiger partial charge >= 0.3 is 49.5 Å². The predicted octanol–water partition coefficient (Wildman–Crippen LogP) is -0.211. The molecule has 0 aromatic rings. The van der Waals surface area contributed by atoms with E-state index in [1.807, 2.05) is 0 Å². The van der Waals surface area contributed by atoms with Gasteiger partial charge in [0.25, 0.3) is 27.2 Å². The van der Waals surface area contributed by atoms with Crippen molar-refractivity contribution in [3.63, 3.8) is 0 Å². The van der Waals surface area contributed by atoms with Crippen LogP contribution in [0, 0.1) is 0 Å². The van der Waals surface area contributed by atoms with Gasteiger partial charge in [0.05, 0.1) is 0 Å². The number of carbonyl (C=O) groups excluding carboxylic acids is 4.